The summed E-state index contributed by atoms with van der Waals surface area (Å²) in [7, 11) is 0. The lowest BCUT2D eigenvalue weighted by Crippen LogP contribution is -1.91. The smallest absolute Gasteiger partial charge is 0.0973 e. The van der Waals surface area contributed by atoms with E-state index in [9.17, 15) is 4.39 Å². The fourth-order valence-electron chi connectivity index (χ4n) is 2.44. The first kappa shape index (κ1) is 17.0. The average molecular weight is 307 g/mol. The highest BCUT2D eigenvalue weighted by atomic mass is 19.1. The van der Waals surface area contributed by atoms with Gasteiger partial charge in [0.05, 0.1) is 6.17 Å². The van der Waals surface area contributed by atoms with E-state index >= 15 is 0 Å². The van der Waals surface area contributed by atoms with Crippen LogP contribution in [0.4, 0.5) is 4.39 Å². The minimum absolute atomic E-state index is 0.580. The number of alkyl halides is 1. The van der Waals surface area contributed by atoms with Crippen molar-refractivity contribution in [3.63, 3.8) is 0 Å². The maximum atomic E-state index is 12.7. The van der Waals surface area contributed by atoms with Crippen LogP contribution in [0.15, 0.2) is 55.4 Å². The van der Waals surface area contributed by atoms with Gasteiger partial charge in [-0.2, -0.15) is 0 Å². The van der Waals surface area contributed by atoms with Crippen molar-refractivity contribution in [1.29, 1.82) is 0 Å². The van der Waals surface area contributed by atoms with Crippen LogP contribution in [0.1, 0.15) is 37.3 Å². The number of pyridine rings is 1. The van der Waals surface area contributed by atoms with E-state index in [0.717, 1.165) is 36.0 Å². The summed E-state index contributed by atoms with van der Waals surface area (Å²) in [5.74, 6) is 6.30. The van der Waals surface area contributed by atoms with E-state index in [1.807, 2.05) is 24.4 Å². The zero-order chi connectivity index (χ0) is 16.5. The number of benzene rings is 1. The van der Waals surface area contributed by atoms with E-state index in [-0.39, 0.29) is 0 Å². The first-order valence-corrected chi connectivity index (χ1v) is 7.98. The van der Waals surface area contributed by atoms with Gasteiger partial charge in [-0.15, -0.1) is 6.58 Å². The minimum atomic E-state index is -0.741. The van der Waals surface area contributed by atoms with E-state index in [1.165, 1.54) is 5.56 Å². The van der Waals surface area contributed by atoms with Crippen molar-refractivity contribution in [2.75, 3.05) is 0 Å². The number of unbranched alkanes of at least 4 members (excludes halogenated alkanes) is 1. The number of rotatable bonds is 6. The Labute approximate surface area is 138 Å². The molecule has 0 N–H and O–H groups in total. The molecule has 0 aliphatic heterocycles. The monoisotopic (exact) mass is 307 g/mol. The number of hydrogen-bond acceptors (Lipinski definition) is 1. The standard InChI is InChI=1S/C21H22FN/c1-3-8-19-15-18(10-6-4-5-9-17(2)22)12-13-21(19)20-11-7-14-23-16-20/h3,7,11-17H,1,4-5,8-9H2,2H3. The van der Waals surface area contributed by atoms with Crippen LogP contribution < -0.4 is 0 Å². The number of aromatic nitrogens is 1. The summed E-state index contributed by atoms with van der Waals surface area (Å²) < 4.78 is 12.7. The van der Waals surface area contributed by atoms with Gasteiger partial charge >= 0.3 is 0 Å². The molecule has 0 amide bonds. The van der Waals surface area contributed by atoms with Crippen LogP contribution in [0.3, 0.4) is 0 Å². The largest absolute Gasteiger partial charge is 0.264 e. The molecule has 1 unspecified atom stereocenters. The molecule has 1 heterocycles. The Hall–Kier alpha value is -2.40. The average Bonchev–Trinajstić information content (AvgIpc) is 2.56. The van der Waals surface area contributed by atoms with E-state index in [2.05, 4.69) is 41.6 Å². The van der Waals surface area contributed by atoms with Crippen LogP contribution in [-0.2, 0) is 6.42 Å². The summed E-state index contributed by atoms with van der Waals surface area (Å²) >= 11 is 0. The SMILES string of the molecule is C=CCc1cc(C#CCCCC(C)F)ccc1-c1cccnc1. The van der Waals surface area contributed by atoms with Gasteiger partial charge in [0.2, 0.25) is 0 Å². The Morgan fingerprint density at radius 2 is 2.22 bits per heavy atom. The van der Waals surface area contributed by atoms with Crippen molar-refractivity contribution in [3.05, 3.63) is 66.5 Å². The van der Waals surface area contributed by atoms with Gasteiger partial charge in [-0.1, -0.05) is 30.0 Å². The first-order chi connectivity index (χ1) is 11.2. The third-order valence-electron chi connectivity index (χ3n) is 3.58. The first-order valence-electron chi connectivity index (χ1n) is 7.98. The second-order valence-electron chi connectivity index (χ2n) is 5.58. The van der Waals surface area contributed by atoms with Crippen LogP contribution in [0.5, 0.6) is 0 Å². The van der Waals surface area contributed by atoms with Crippen LogP contribution in [0.25, 0.3) is 11.1 Å². The number of hydrogen-bond donors (Lipinski definition) is 0. The Kier molecular flexibility index (Phi) is 6.56. The number of allylic oxidation sites excluding steroid dienone is 1. The Balaban J connectivity index is 2.16. The van der Waals surface area contributed by atoms with E-state index < -0.39 is 6.17 Å². The summed E-state index contributed by atoms with van der Waals surface area (Å²) in [6.45, 7) is 5.43. The predicted octanol–water partition coefficient (Wildman–Crippen LogP) is 5.36. The van der Waals surface area contributed by atoms with E-state index in [0.29, 0.717) is 6.42 Å². The van der Waals surface area contributed by atoms with Crippen molar-refractivity contribution >= 4 is 0 Å². The van der Waals surface area contributed by atoms with Crippen LogP contribution >= 0.6 is 0 Å². The fourth-order valence-corrected chi connectivity index (χ4v) is 2.44. The Bertz CT molecular complexity index is 693. The topological polar surface area (TPSA) is 12.9 Å². The summed E-state index contributed by atoms with van der Waals surface area (Å²) in [6.07, 6.45) is 7.70. The van der Waals surface area contributed by atoms with E-state index in [1.54, 1.807) is 13.1 Å². The molecule has 0 saturated heterocycles. The molecule has 0 radical (unpaired) electrons. The highest BCUT2D eigenvalue weighted by Gasteiger charge is 2.05. The van der Waals surface area contributed by atoms with Crippen LogP contribution in [0.2, 0.25) is 0 Å². The molecular weight excluding hydrogens is 285 g/mol. The normalized spacial score (nSPS) is 11.4. The second kappa shape index (κ2) is 8.90. The molecule has 23 heavy (non-hydrogen) atoms. The molecule has 1 aromatic carbocycles. The lowest BCUT2D eigenvalue weighted by Gasteiger charge is -2.08. The molecule has 1 aromatic heterocycles. The molecule has 0 bridgehead atoms. The second-order valence-corrected chi connectivity index (χ2v) is 5.58. The van der Waals surface area contributed by atoms with Gasteiger partial charge < -0.3 is 0 Å². The zero-order valence-corrected chi connectivity index (χ0v) is 13.6. The van der Waals surface area contributed by atoms with Crippen LogP contribution in [0, 0.1) is 11.8 Å². The molecule has 2 heteroatoms. The lowest BCUT2D eigenvalue weighted by molar-refractivity contribution is 0.336. The summed E-state index contributed by atoms with van der Waals surface area (Å²) in [5, 5.41) is 0. The van der Waals surface area contributed by atoms with Gasteiger partial charge in [0.15, 0.2) is 0 Å². The fraction of sp³-hybridized carbons (Fsp3) is 0.286. The van der Waals surface area contributed by atoms with Crippen molar-refractivity contribution in [2.24, 2.45) is 0 Å². The van der Waals surface area contributed by atoms with Crippen LogP contribution in [-0.4, -0.2) is 11.2 Å². The summed E-state index contributed by atoms with van der Waals surface area (Å²) in [5.41, 5.74) is 4.44. The summed E-state index contributed by atoms with van der Waals surface area (Å²) in [4.78, 5) is 4.18. The highest BCUT2D eigenvalue weighted by molar-refractivity contribution is 5.68. The van der Waals surface area contributed by atoms with Gasteiger partial charge in [-0.25, -0.2) is 4.39 Å². The molecule has 0 aliphatic rings. The molecule has 2 rings (SSSR count). The molecular formula is C21H22FN. The number of nitrogens with zero attached hydrogens (tertiary/aromatic N) is 1. The van der Waals surface area contributed by atoms with Gasteiger partial charge in [-0.3, -0.25) is 4.98 Å². The Morgan fingerprint density at radius 1 is 1.35 bits per heavy atom. The predicted molar refractivity (Wildman–Crippen MR) is 94.9 cm³/mol. The molecule has 0 spiro atoms. The van der Waals surface area contributed by atoms with Gasteiger partial charge in [0.1, 0.15) is 0 Å². The van der Waals surface area contributed by atoms with Gasteiger partial charge in [-0.05, 0) is 55.5 Å². The minimum Gasteiger partial charge on any atom is -0.264 e. The van der Waals surface area contributed by atoms with Gasteiger partial charge in [0.25, 0.3) is 0 Å². The molecule has 1 nitrogen and oxygen atoms in total. The molecule has 0 fully saturated rings. The molecule has 118 valence electrons. The van der Waals surface area contributed by atoms with Crippen molar-refractivity contribution < 1.29 is 4.39 Å². The van der Waals surface area contributed by atoms with Crippen molar-refractivity contribution in [2.45, 2.75) is 38.8 Å². The third kappa shape index (κ3) is 5.38. The molecule has 0 aliphatic carbocycles. The lowest BCUT2D eigenvalue weighted by atomic mass is 9.96. The molecule has 0 saturated carbocycles. The number of halogens is 1. The maximum Gasteiger partial charge on any atom is 0.0973 e. The molecule has 1 atom stereocenters. The highest BCUT2D eigenvalue weighted by Crippen LogP contribution is 2.24. The quantitative estimate of drug-likeness (QED) is 0.398. The third-order valence-corrected chi connectivity index (χ3v) is 3.58. The Morgan fingerprint density at radius 3 is 2.91 bits per heavy atom. The maximum absolute atomic E-state index is 12.7. The molecule has 2 aromatic rings. The zero-order valence-electron chi connectivity index (χ0n) is 13.6. The summed E-state index contributed by atoms with van der Waals surface area (Å²) in [6, 6.07) is 10.2. The van der Waals surface area contributed by atoms with Crippen molar-refractivity contribution in [1.82, 2.24) is 4.98 Å². The van der Waals surface area contributed by atoms with Gasteiger partial charge in [0, 0.05) is 29.9 Å². The van der Waals surface area contributed by atoms with Crippen molar-refractivity contribution in [3.8, 4) is 23.0 Å². The van der Waals surface area contributed by atoms with E-state index in [4.69, 9.17) is 0 Å².